The third kappa shape index (κ3) is 5.67. The van der Waals surface area contributed by atoms with Crippen LogP contribution in [-0.4, -0.2) is 35.3 Å². The molecule has 0 aliphatic carbocycles. The Labute approximate surface area is 162 Å². The number of likely N-dealkylation sites (tertiary alicyclic amines) is 1. The van der Waals surface area contributed by atoms with E-state index in [-0.39, 0.29) is 11.8 Å². The molecule has 1 fully saturated rings. The van der Waals surface area contributed by atoms with Gasteiger partial charge in [0.2, 0.25) is 5.91 Å². The van der Waals surface area contributed by atoms with Gasteiger partial charge in [-0.05, 0) is 37.1 Å². The van der Waals surface area contributed by atoms with Crippen molar-refractivity contribution in [2.24, 2.45) is 5.92 Å². The molecule has 3 rings (SSSR count). The lowest BCUT2D eigenvalue weighted by Crippen LogP contribution is -2.42. The van der Waals surface area contributed by atoms with Gasteiger partial charge >= 0.3 is 0 Å². The lowest BCUT2D eigenvalue weighted by atomic mass is 9.94. The average Bonchev–Trinajstić information content (AvgIpc) is 2.73. The molecule has 0 N–H and O–H groups in total. The van der Waals surface area contributed by atoms with Crippen LogP contribution < -0.4 is 0 Å². The highest BCUT2D eigenvalue weighted by Gasteiger charge is 2.28. The van der Waals surface area contributed by atoms with E-state index in [1.54, 1.807) is 0 Å². The Hall–Kier alpha value is -2.64. The molecule has 2 aromatic rings. The van der Waals surface area contributed by atoms with Crippen LogP contribution in [0, 0.1) is 17.2 Å². The standard InChI is InChI=1S/C23H27N3O/c24-14-7-15-25-16-12-22(13-17-25)23(27)26(18-20-8-3-1-4-9-20)19-21-10-5-2-6-11-21/h1-6,8-11,22H,7,12-13,15-19H2. The largest absolute Gasteiger partial charge is 0.334 e. The summed E-state index contributed by atoms with van der Waals surface area (Å²) in [6.45, 7) is 3.91. The van der Waals surface area contributed by atoms with Crippen LogP contribution in [0.25, 0.3) is 0 Å². The van der Waals surface area contributed by atoms with Crippen molar-refractivity contribution in [3.63, 3.8) is 0 Å². The van der Waals surface area contributed by atoms with E-state index in [0.29, 0.717) is 19.5 Å². The van der Waals surface area contributed by atoms with E-state index in [4.69, 9.17) is 5.26 Å². The fourth-order valence-corrected chi connectivity index (χ4v) is 3.69. The summed E-state index contributed by atoms with van der Waals surface area (Å²) in [5.41, 5.74) is 2.32. The van der Waals surface area contributed by atoms with E-state index in [1.165, 1.54) is 0 Å². The van der Waals surface area contributed by atoms with Crippen molar-refractivity contribution in [1.82, 2.24) is 9.80 Å². The molecule has 1 saturated heterocycles. The maximum Gasteiger partial charge on any atom is 0.226 e. The lowest BCUT2D eigenvalue weighted by Gasteiger charge is -2.34. The SMILES string of the molecule is N#CCCN1CCC(C(=O)N(Cc2ccccc2)Cc2ccccc2)CC1. The number of hydrogen-bond acceptors (Lipinski definition) is 3. The molecular formula is C23H27N3O. The van der Waals surface area contributed by atoms with Gasteiger partial charge in [-0.25, -0.2) is 0 Å². The second-order valence-corrected chi connectivity index (χ2v) is 7.19. The average molecular weight is 361 g/mol. The molecule has 4 heteroatoms. The van der Waals surface area contributed by atoms with Crippen LogP contribution in [0.2, 0.25) is 0 Å². The Kier molecular flexibility index (Phi) is 7.01. The van der Waals surface area contributed by atoms with Crippen LogP contribution >= 0.6 is 0 Å². The van der Waals surface area contributed by atoms with Crippen molar-refractivity contribution < 1.29 is 4.79 Å². The molecule has 0 spiro atoms. The molecule has 140 valence electrons. The first-order chi connectivity index (χ1) is 13.3. The minimum Gasteiger partial charge on any atom is -0.334 e. The summed E-state index contributed by atoms with van der Waals surface area (Å²) in [5, 5.41) is 8.75. The summed E-state index contributed by atoms with van der Waals surface area (Å²) in [5.74, 6) is 0.332. The number of rotatable bonds is 7. The highest BCUT2D eigenvalue weighted by Crippen LogP contribution is 2.22. The zero-order valence-corrected chi connectivity index (χ0v) is 15.8. The Morgan fingerprint density at radius 3 is 1.96 bits per heavy atom. The maximum absolute atomic E-state index is 13.3. The van der Waals surface area contributed by atoms with Crippen LogP contribution in [0.1, 0.15) is 30.4 Å². The monoisotopic (exact) mass is 361 g/mol. The third-order valence-corrected chi connectivity index (χ3v) is 5.22. The fraction of sp³-hybridized carbons (Fsp3) is 0.391. The minimum absolute atomic E-state index is 0.0794. The van der Waals surface area contributed by atoms with Gasteiger partial charge in [0.1, 0.15) is 0 Å². The van der Waals surface area contributed by atoms with Crippen molar-refractivity contribution in [2.75, 3.05) is 19.6 Å². The summed E-state index contributed by atoms with van der Waals surface area (Å²) in [7, 11) is 0. The summed E-state index contributed by atoms with van der Waals surface area (Å²) in [6.07, 6.45) is 2.32. The highest BCUT2D eigenvalue weighted by molar-refractivity contribution is 5.79. The Morgan fingerprint density at radius 2 is 1.48 bits per heavy atom. The second-order valence-electron chi connectivity index (χ2n) is 7.19. The van der Waals surface area contributed by atoms with E-state index in [1.807, 2.05) is 41.3 Å². The molecule has 1 amide bonds. The molecule has 1 aliphatic heterocycles. The number of carbonyl (C=O) groups excluding carboxylic acids is 1. The second kappa shape index (κ2) is 9.89. The zero-order valence-electron chi connectivity index (χ0n) is 15.8. The summed E-state index contributed by atoms with van der Waals surface area (Å²) < 4.78 is 0. The smallest absolute Gasteiger partial charge is 0.226 e. The number of nitrogens with zero attached hydrogens (tertiary/aromatic N) is 3. The van der Waals surface area contributed by atoms with Gasteiger partial charge in [0.25, 0.3) is 0 Å². The molecule has 0 radical (unpaired) electrons. The van der Waals surface area contributed by atoms with Gasteiger partial charge in [-0.15, -0.1) is 0 Å². The molecule has 0 saturated carbocycles. The van der Waals surface area contributed by atoms with Crippen LogP contribution in [0.3, 0.4) is 0 Å². The molecular weight excluding hydrogens is 334 g/mol. The molecule has 2 aromatic carbocycles. The number of benzene rings is 2. The molecule has 27 heavy (non-hydrogen) atoms. The predicted molar refractivity (Wildman–Crippen MR) is 107 cm³/mol. The van der Waals surface area contributed by atoms with Gasteiger partial charge in [0, 0.05) is 32.0 Å². The van der Waals surface area contributed by atoms with Gasteiger partial charge in [-0.3, -0.25) is 4.79 Å². The Balaban J connectivity index is 1.66. The van der Waals surface area contributed by atoms with Crippen LogP contribution in [0.4, 0.5) is 0 Å². The molecule has 0 bridgehead atoms. The van der Waals surface area contributed by atoms with Gasteiger partial charge in [0.15, 0.2) is 0 Å². The third-order valence-electron chi connectivity index (χ3n) is 5.22. The number of nitriles is 1. The highest BCUT2D eigenvalue weighted by atomic mass is 16.2. The topological polar surface area (TPSA) is 47.3 Å². The molecule has 1 heterocycles. The fourth-order valence-electron chi connectivity index (χ4n) is 3.69. The number of piperidine rings is 1. The van der Waals surface area contributed by atoms with Crippen molar-refractivity contribution >= 4 is 5.91 Å². The van der Waals surface area contributed by atoms with Crippen molar-refractivity contribution in [1.29, 1.82) is 5.26 Å². The van der Waals surface area contributed by atoms with Crippen LogP contribution in [0.5, 0.6) is 0 Å². The number of carbonyl (C=O) groups is 1. The van der Waals surface area contributed by atoms with E-state index >= 15 is 0 Å². The van der Waals surface area contributed by atoms with Gasteiger partial charge in [-0.2, -0.15) is 5.26 Å². The molecule has 1 aliphatic rings. The summed E-state index contributed by atoms with van der Waals surface area (Å²) in [6, 6.07) is 22.6. The van der Waals surface area contributed by atoms with Crippen LogP contribution in [-0.2, 0) is 17.9 Å². The molecule has 4 nitrogen and oxygen atoms in total. The van der Waals surface area contributed by atoms with Crippen molar-refractivity contribution in [3.8, 4) is 6.07 Å². The van der Waals surface area contributed by atoms with E-state index in [0.717, 1.165) is 43.6 Å². The summed E-state index contributed by atoms with van der Waals surface area (Å²) >= 11 is 0. The molecule has 0 atom stereocenters. The quantitative estimate of drug-likeness (QED) is 0.753. The van der Waals surface area contributed by atoms with Crippen molar-refractivity contribution in [3.05, 3.63) is 71.8 Å². The first kappa shape index (κ1) is 19.1. The lowest BCUT2D eigenvalue weighted by molar-refractivity contribution is -0.138. The van der Waals surface area contributed by atoms with Gasteiger partial charge in [0.05, 0.1) is 6.07 Å². The normalized spacial score (nSPS) is 15.2. The van der Waals surface area contributed by atoms with E-state index in [2.05, 4.69) is 35.2 Å². The van der Waals surface area contributed by atoms with Gasteiger partial charge in [-0.1, -0.05) is 60.7 Å². The number of amides is 1. The molecule has 0 unspecified atom stereocenters. The van der Waals surface area contributed by atoms with Crippen molar-refractivity contribution in [2.45, 2.75) is 32.4 Å². The predicted octanol–water partition coefficient (Wildman–Crippen LogP) is 3.84. The first-order valence-corrected chi connectivity index (χ1v) is 9.72. The Morgan fingerprint density at radius 1 is 0.963 bits per heavy atom. The first-order valence-electron chi connectivity index (χ1n) is 9.72. The Bertz CT molecular complexity index is 705. The summed E-state index contributed by atoms with van der Waals surface area (Å²) in [4.78, 5) is 17.6. The van der Waals surface area contributed by atoms with E-state index in [9.17, 15) is 4.79 Å². The van der Waals surface area contributed by atoms with Gasteiger partial charge < -0.3 is 9.80 Å². The zero-order chi connectivity index (χ0) is 18.9. The maximum atomic E-state index is 13.3. The van der Waals surface area contributed by atoms with Crippen LogP contribution in [0.15, 0.2) is 60.7 Å². The molecule has 0 aromatic heterocycles. The minimum atomic E-state index is 0.0794. The number of hydrogen-bond donors (Lipinski definition) is 0. The van der Waals surface area contributed by atoms with E-state index < -0.39 is 0 Å².